The summed E-state index contributed by atoms with van der Waals surface area (Å²) in [5, 5.41) is 4.29. The smallest absolute Gasteiger partial charge is 0.258 e. The van der Waals surface area contributed by atoms with Gasteiger partial charge in [-0.05, 0) is 37.1 Å². The molecule has 4 heterocycles. The highest BCUT2D eigenvalue weighted by molar-refractivity contribution is 6.00. The molecule has 23 heavy (non-hydrogen) atoms. The summed E-state index contributed by atoms with van der Waals surface area (Å²) in [6, 6.07) is 9.63. The predicted octanol–water partition coefficient (Wildman–Crippen LogP) is 3.68. The van der Waals surface area contributed by atoms with Gasteiger partial charge in [0, 0.05) is 12.7 Å². The van der Waals surface area contributed by atoms with Crippen LogP contribution < -0.4 is 0 Å². The predicted molar refractivity (Wildman–Crippen MR) is 86.1 cm³/mol. The van der Waals surface area contributed by atoms with Crippen LogP contribution in [0.25, 0.3) is 5.52 Å². The lowest BCUT2D eigenvalue weighted by Gasteiger charge is -2.28. The molecule has 4 rings (SSSR count). The van der Waals surface area contributed by atoms with Crippen LogP contribution in [0.1, 0.15) is 47.8 Å². The van der Waals surface area contributed by atoms with Crippen LogP contribution in [0.4, 0.5) is 0 Å². The molecular weight excluding hydrogens is 290 g/mol. The first-order chi connectivity index (χ1) is 11.3. The van der Waals surface area contributed by atoms with E-state index < -0.39 is 0 Å². The lowest BCUT2D eigenvalue weighted by molar-refractivity contribution is 0.0660. The molecule has 0 unspecified atom stereocenters. The Balaban J connectivity index is 1.72. The van der Waals surface area contributed by atoms with Gasteiger partial charge >= 0.3 is 0 Å². The van der Waals surface area contributed by atoms with E-state index in [-0.39, 0.29) is 11.9 Å². The van der Waals surface area contributed by atoms with E-state index in [0.717, 1.165) is 43.5 Å². The molecule has 0 radical (unpaired) electrons. The van der Waals surface area contributed by atoms with Crippen LogP contribution in [-0.4, -0.2) is 27.0 Å². The minimum absolute atomic E-state index is 0.0127. The van der Waals surface area contributed by atoms with Gasteiger partial charge < -0.3 is 9.32 Å². The molecule has 0 aromatic carbocycles. The number of likely N-dealkylation sites (tertiary alicyclic amines) is 1. The molecule has 118 valence electrons. The maximum atomic E-state index is 13.2. The van der Waals surface area contributed by atoms with Crippen LogP contribution >= 0.6 is 0 Å². The number of fused-ring (bicyclic) bond motifs is 1. The summed E-state index contributed by atoms with van der Waals surface area (Å²) in [6.07, 6.45) is 9.44. The molecule has 1 saturated heterocycles. The van der Waals surface area contributed by atoms with Gasteiger partial charge in [-0.1, -0.05) is 18.9 Å². The van der Waals surface area contributed by atoms with Crippen LogP contribution in [-0.2, 0) is 0 Å². The monoisotopic (exact) mass is 309 g/mol. The number of hydrogen-bond acceptors (Lipinski definition) is 3. The van der Waals surface area contributed by atoms with E-state index in [1.165, 1.54) is 0 Å². The molecule has 0 bridgehead atoms. The number of aromatic nitrogens is 2. The first kappa shape index (κ1) is 14.1. The van der Waals surface area contributed by atoms with Crippen molar-refractivity contribution in [1.29, 1.82) is 0 Å². The minimum atomic E-state index is 0.0127. The van der Waals surface area contributed by atoms with Crippen molar-refractivity contribution in [2.24, 2.45) is 0 Å². The Labute approximate surface area is 134 Å². The second kappa shape index (κ2) is 5.91. The van der Waals surface area contributed by atoms with Gasteiger partial charge in [0.05, 0.1) is 29.6 Å². The third kappa shape index (κ3) is 2.52. The Morgan fingerprint density at radius 3 is 3.00 bits per heavy atom. The lowest BCUT2D eigenvalue weighted by Crippen LogP contribution is -2.34. The highest BCUT2D eigenvalue weighted by Crippen LogP contribution is 2.32. The quantitative estimate of drug-likeness (QED) is 0.725. The summed E-state index contributed by atoms with van der Waals surface area (Å²) in [7, 11) is 0. The first-order valence-corrected chi connectivity index (χ1v) is 8.11. The first-order valence-electron chi connectivity index (χ1n) is 8.11. The number of carbonyl (C=O) groups is 1. The van der Waals surface area contributed by atoms with Crippen molar-refractivity contribution in [1.82, 2.24) is 14.5 Å². The molecule has 3 aromatic heterocycles. The summed E-state index contributed by atoms with van der Waals surface area (Å²) in [6.45, 7) is 0.758. The number of pyridine rings is 1. The Morgan fingerprint density at radius 2 is 2.13 bits per heavy atom. The van der Waals surface area contributed by atoms with E-state index >= 15 is 0 Å². The number of nitrogens with zero attached hydrogens (tertiary/aromatic N) is 3. The van der Waals surface area contributed by atoms with E-state index in [1.54, 1.807) is 17.0 Å². The van der Waals surface area contributed by atoms with E-state index in [2.05, 4.69) is 5.10 Å². The van der Waals surface area contributed by atoms with E-state index in [9.17, 15) is 4.79 Å². The average Bonchev–Trinajstić information content (AvgIpc) is 3.19. The largest absolute Gasteiger partial charge is 0.467 e. The lowest BCUT2D eigenvalue weighted by atomic mass is 10.1. The van der Waals surface area contributed by atoms with Crippen molar-refractivity contribution in [3.8, 4) is 0 Å². The van der Waals surface area contributed by atoms with Gasteiger partial charge in [0.15, 0.2) is 0 Å². The zero-order valence-corrected chi connectivity index (χ0v) is 12.9. The van der Waals surface area contributed by atoms with E-state index in [0.29, 0.717) is 5.56 Å². The van der Waals surface area contributed by atoms with Gasteiger partial charge in [-0.2, -0.15) is 5.10 Å². The van der Waals surface area contributed by atoms with Gasteiger partial charge in [-0.3, -0.25) is 4.79 Å². The standard InChI is InChI=1S/C18H19N3O2/c22-18(14-13-19-21-11-5-3-7-15(14)21)20-10-4-1-2-8-16(20)17-9-6-12-23-17/h3,5-7,9,11-13,16H,1-2,4,8,10H2/t16-/m1/s1. The third-order valence-corrected chi connectivity index (χ3v) is 4.54. The maximum Gasteiger partial charge on any atom is 0.258 e. The second-order valence-electron chi connectivity index (χ2n) is 5.97. The highest BCUT2D eigenvalue weighted by atomic mass is 16.3. The number of furan rings is 1. The Bertz CT molecular complexity index is 807. The van der Waals surface area contributed by atoms with Crippen LogP contribution in [0.5, 0.6) is 0 Å². The maximum absolute atomic E-state index is 13.2. The fourth-order valence-corrected chi connectivity index (χ4v) is 3.38. The fraction of sp³-hybridized carbons (Fsp3) is 0.333. The number of rotatable bonds is 2. The van der Waals surface area contributed by atoms with Gasteiger partial charge in [0.2, 0.25) is 0 Å². The van der Waals surface area contributed by atoms with Gasteiger partial charge in [0.25, 0.3) is 5.91 Å². The zero-order valence-electron chi connectivity index (χ0n) is 12.9. The molecule has 0 saturated carbocycles. The van der Waals surface area contributed by atoms with E-state index in [1.807, 2.05) is 41.4 Å². The molecule has 3 aromatic rings. The summed E-state index contributed by atoms with van der Waals surface area (Å²) < 4.78 is 7.34. The molecular formula is C18H19N3O2. The average molecular weight is 309 g/mol. The molecule has 5 heteroatoms. The van der Waals surface area contributed by atoms with Crippen molar-refractivity contribution >= 4 is 11.4 Å². The van der Waals surface area contributed by atoms with Gasteiger partial charge in [-0.25, -0.2) is 4.52 Å². The van der Waals surface area contributed by atoms with E-state index in [4.69, 9.17) is 4.42 Å². The van der Waals surface area contributed by atoms with Crippen molar-refractivity contribution in [2.45, 2.75) is 31.7 Å². The summed E-state index contributed by atoms with van der Waals surface area (Å²) in [5.41, 5.74) is 1.50. The second-order valence-corrected chi connectivity index (χ2v) is 5.97. The molecule has 0 aliphatic carbocycles. The number of hydrogen-bond donors (Lipinski definition) is 0. The Morgan fingerprint density at radius 1 is 1.17 bits per heavy atom. The Kier molecular flexibility index (Phi) is 3.61. The topological polar surface area (TPSA) is 50.8 Å². The number of amides is 1. The summed E-state index contributed by atoms with van der Waals surface area (Å²) in [4.78, 5) is 15.1. The van der Waals surface area contributed by atoms with Crippen LogP contribution in [0.15, 0.2) is 53.4 Å². The molecule has 1 fully saturated rings. The minimum Gasteiger partial charge on any atom is -0.467 e. The van der Waals surface area contributed by atoms with Crippen LogP contribution in [0.2, 0.25) is 0 Å². The SMILES string of the molecule is O=C(c1cnn2ccccc12)N1CCCCC[C@@H]1c1ccco1. The fourth-order valence-electron chi connectivity index (χ4n) is 3.38. The Hall–Kier alpha value is -2.56. The van der Waals surface area contributed by atoms with Crippen molar-refractivity contribution in [3.63, 3.8) is 0 Å². The van der Waals surface area contributed by atoms with Gasteiger partial charge in [-0.15, -0.1) is 0 Å². The molecule has 1 aliphatic rings. The molecule has 1 aliphatic heterocycles. The molecule has 1 amide bonds. The van der Waals surface area contributed by atoms with Crippen molar-refractivity contribution < 1.29 is 9.21 Å². The third-order valence-electron chi connectivity index (χ3n) is 4.54. The molecule has 5 nitrogen and oxygen atoms in total. The molecule has 1 atom stereocenters. The highest BCUT2D eigenvalue weighted by Gasteiger charge is 2.30. The van der Waals surface area contributed by atoms with Crippen molar-refractivity contribution in [2.75, 3.05) is 6.54 Å². The summed E-state index contributed by atoms with van der Waals surface area (Å²) in [5.74, 6) is 0.909. The summed E-state index contributed by atoms with van der Waals surface area (Å²) >= 11 is 0. The number of carbonyl (C=O) groups excluding carboxylic acids is 1. The van der Waals surface area contributed by atoms with Gasteiger partial charge in [0.1, 0.15) is 5.76 Å². The zero-order chi connectivity index (χ0) is 15.6. The molecule has 0 N–H and O–H groups in total. The normalized spacial score (nSPS) is 19.0. The van der Waals surface area contributed by atoms with Crippen molar-refractivity contribution in [3.05, 3.63) is 60.3 Å². The molecule has 0 spiro atoms. The van der Waals surface area contributed by atoms with Crippen LogP contribution in [0.3, 0.4) is 0 Å². The van der Waals surface area contributed by atoms with Crippen LogP contribution in [0, 0.1) is 0 Å².